The number of ether oxygens (including phenoxy) is 1. The van der Waals surface area contributed by atoms with Crippen LogP contribution in [0.15, 0.2) is 40.6 Å². The molecule has 1 aromatic heterocycles. The summed E-state index contributed by atoms with van der Waals surface area (Å²) in [5.74, 6) is -4.13. The Morgan fingerprint density at radius 2 is 1.92 bits per heavy atom. The lowest BCUT2D eigenvalue weighted by molar-refractivity contribution is -0.153. The molecule has 36 heavy (non-hydrogen) atoms. The van der Waals surface area contributed by atoms with Gasteiger partial charge >= 0.3 is 6.18 Å². The van der Waals surface area contributed by atoms with E-state index in [1.807, 2.05) is 6.92 Å². The normalized spacial score (nSPS) is 35.3. The summed E-state index contributed by atoms with van der Waals surface area (Å²) in [4.78, 5) is 29.6. The minimum Gasteiger partial charge on any atom is -0.459 e. The van der Waals surface area contributed by atoms with E-state index in [0.717, 1.165) is 18.4 Å². The standard InChI is InChI=1S/C25H25F5N2O4.H2/c1-23-4-2-19(17-12-16-15(17)10-13(26)11-18(16)27)32(23)22(34)24(36-23)5-7-31(8-6-24)21(33)14-3-9-35-20(14)25(28,29)30;/h3,9-11,15-17,19H,2,4-8,12H2,1H3;1H/t15?,16?,17?,19-,23?;/m0./s1. The number of likely N-dealkylation sites (tertiary alicyclic amines) is 1. The summed E-state index contributed by atoms with van der Waals surface area (Å²) in [6, 6.07) is 0.791. The average Bonchev–Trinajstić information content (AvgIpc) is 3.45. The van der Waals surface area contributed by atoms with E-state index in [2.05, 4.69) is 4.42 Å². The maximum atomic E-state index is 14.2. The van der Waals surface area contributed by atoms with E-state index in [4.69, 9.17) is 4.74 Å². The number of amides is 2. The van der Waals surface area contributed by atoms with Crippen LogP contribution in [0.1, 0.15) is 56.6 Å². The first-order valence-electron chi connectivity index (χ1n) is 12.2. The number of hydrogen-bond donors (Lipinski definition) is 0. The molecule has 2 amide bonds. The lowest BCUT2D eigenvalue weighted by Gasteiger charge is -2.49. The second kappa shape index (κ2) is 7.66. The van der Waals surface area contributed by atoms with Crippen molar-refractivity contribution >= 4 is 11.8 Å². The first-order chi connectivity index (χ1) is 16.9. The van der Waals surface area contributed by atoms with Gasteiger partial charge in [0, 0.05) is 45.4 Å². The van der Waals surface area contributed by atoms with Gasteiger partial charge in [0.1, 0.15) is 17.4 Å². The zero-order valence-corrected chi connectivity index (χ0v) is 19.5. The first kappa shape index (κ1) is 23.7. The third kappa shape index (κ3) is 3.30. The van der Waals surface area contributed by atoms with E-state index in [1.54, 1.807) is 4.90 Å². The number of carbonyl (C=O) groups excluding carboxylic acids is 2. The van der Waals surface area contributed by atoms with E-state index >= 15 is 0 Å². The van der Waals surface area contributed by atoms with Gasteiger partial charge < -0.3 is 19.0 Å². The van der Waals surface area contributed by atoms with Crippen LogP contribution in [0.3, 0.4) is 0 Å². The summed E-state index contributed by atoms with van der Waals surface area (Å²) in [6.07, 6.45) is 0.490. The molecule has 1 spiro atoms. The van der Waals surface area contributed by atoms with Crippen LogP contribution in [0, 0.1) is 17.8 Å². The Morgan fingerprint density at radius 3 is 2.61 bits per heavy atom. The number of allylic oxidation sites excluding steroid dienone is 4. The maximum absolute atomic E-state index is 14.2. The fraction of sp³-hybridized carbons (Fsp3) is 0.600. The van der Waals surface area contributed by atoms with Gasteiger partial charge in [0.15, 0.2) is 5.60 Å². The monoisotopic (exact) mass is 514 g/mol. The fourth-order valence-corrected chi connectivity index (χ4v) is 6.96. The largest absolute Gasteiger partial charge is 0.459 e. The highest BCUT2D eigenvalue weighted by Gasteiger charge is 2.66. The van der Waals surface area contributed by atoms with Crippen molar-refractivity contribution in [3.8, 4) is 0 Å². The number of carbonyl (C=O) groups is 2. The van der Waals surface area contributed by atoms with Crippen LogP contribution in [0.2, 0.25) is 0 Å². The molecule has 1 aromatic rings. The molecule has 196 valence electrons. The molecular weight excluding hydrogens is 487 g/mol. The minimum atomic E-state index is -4.79. The molecule has 1 saturated carbocycles. The Balaban J connectivity index is 0.00000280. The maximum Gasteiger partial charge on any atom is 0.450 e. The summed E-state index contributed by atoms with van der Waals surface area (Å²) >= 11 is 0. The quantitative estimate of drug-likeness (QED) is 0.508. The van der Waals surface area contributed by atoms with Crippen LogP contribution in [0.5, 0.6) is 0 Å². The van der Waals surface area contributed by atoms with E-state index in [9.17, 15) is 31.5 Å². The number of fused-ring (bicyclic) bond motifs is 2. The van der Waals surface area contributed by atoms with Gasteiger partial charge in [-0.15, -0.1) is 0 Å². The van der Waals surface area contributed by atoms with Crippen LogP contribution < -0.4 is 0 Å². The van der Waals surface area contributed by atoms with Gasteiger partial charge in [-0.05, 0) is 50.2 Å². The number of halogens is 5. The highest BCUT2D eigenvalue weighted by molar-refractivity contribution is 5.96. The zero-order valence-electron chi connectivity index (χ0n) is 19.5. The molecule has 5 aliphatic rings. The van der Waals surface area contributed by atoms with E-state index in [-0.39, 0.29) is 57.1 Å². The van der Waals surface area contributed by atoms with Gasteiger partial charge in [-0.2, -0.15) is 13.2 Å². The number of hydrogen-bond acceptors (Lipinski definition) is 4. The van der Waals surface area contributed by atoms with Gasteiger partial charge in [-0.1, -0.05) is 0 Å². The summed E-state index contributed by atoms with van der Waals surface area (Å²) in [6.45, 7) is 1.95. The molecule has 5 atom stereocenters. The van der Waals surface area contributed by atoms with E-state index < -0.39 is 46.4 Å². The fourth-order valence-electron chi connectivity index (χ4n) is 6.96. The smallest absolute Gasteiger partial charge is 0.450 e. The van der Waals surface area contributed by atoms with Crippen LogP contribution in [-0.4, -0.2) is 52.1 Å². The van der Waals surface area contributed by atoms with E-state index in [1.165, 1.54) is 11.0 Å². The van der Waals surface area contributed by atoms with Gasteiger partial charge in [-0.3, -0.25) is 9.59 Å². The molecule has 4 heterocycles. The molecule has 0 N–H and O–H groups in total. The summed E-state index contributed by atoms with van der Waals surface area (Å²) in [5, 5.41) is 0. The second-order valence-electron chi connectivity index (χ2n) is 10.7. The van der Waals surface area contributed by atoms with Crippen molar-refractivity contribution in [1.29, 1.82) is 0 Å². The Morgan fingerprint density at radius 1 is 1.19 bits per heavy atom. The lowest BCUT2D eigenvalue weighted by Crippen LogP contribution is -2.55. The second-order valence-corrected chi connectivity index (χ2v) is 10.7. The molecule has 11 heteroatoms. The number of rotatable bonds is 2. The third-order valence-electron chi connectivity index (χ3n) is 8.74. The molecule has 0 aromatic carbocycles. The molecule has 3 aliphatic heterocycles. The average molecular weight is 514 g/mol. The van der Waals surface area contributed by atoms with Crippen LogP contribution >= 0.6 is 0 Å². The molecule has 0 radical (unpaired) electrons. The summed E-state index contributed by atoms with van der Waals surface area (Å²) in [7, 11) is 0. The van der Waals surface area contributed by atoms with Crippen LogP contribution in [0.4, 0.5) is 22.0 Å². The van der Waals surface area contributed by atoms with Gasteiger partial charge in [0.05, 0.1) is 11.8 Å². The SMILES string of the molecule is CC12CC[C@@H](C3CC4C(F)=CC(F)=CC43)N1C(=O)C1(CCN(C(=O)c3ccoc3C(F)(F)F)CC1)O2.[HH]. The lowest BCUT2D eigenvalue weighted by atomic mass is 9.59. The van der Waals surface area contributed by atoms with Crippen LogP contribution in [0.25, 0.3) is 0 Å². The van der Waals surface area contributed by atoms with Crippen molar-refractivity contribution < 1.29 is 42.1 Å². The number of nitrogens with zero attached hydrogens (tertiary/aromatic N) is 2. The topological polar surface area (TPSA) is 63.0 Å². The molecule has 3 saturated heterocycles. The Hall–Kier alpha value is -2.69. The molecule has 6 rings (SSSR count). The Kier molecular flexibility index (Phi) is 5.04. The van der Waals surface area contributed by atoms with Crippen molar-refractivity contribution in [2.45, 2.75) is 62.6 Å². The number of furan rings is 1. The molecule has 2 aliphatic carbocycles. The minimum absolute atomic E-state index is 0. The first-order valence-corrected chi connectivity index (χ1v) is 12.2. The van der Waals surface area contributed by atoms with E-state index in [0.29, 0.717) is 19.3 Å². The summed E-state index contributed by atoms with van der Waals surface area (Å²) < 4.78 is 78.5. The molecule has 4 unspecified atom stereocenters. The van der Waals surface area contributed by atoms with Crippen molar-refractivity contribution in [1.82, 2.24) is 9.80 Å². The molecule has 0 bridgehead atoms. The number of alkyl halides is 3. The van der Waals surface area contributed by atoms with Crippen molar-refractivity contribution in [2.24, 2.45) is 17.8 Å². The van der Waals surface area contributed by atoms with Crippen molar-refractivity contribution in [3.63, 3.8) is 0 Å². The van der Waals surface area contributed by atoms with Crippen molar-refractivity contribution in [2.75, 3.05) is 13.1 Å². The Labute approximate surface area is 205 Å². The number of piperidine rings is 1. The molecule has 4 fully saturated rings. The molecular formula is C25H27F5N2O4. The van der Waals surface area contributed by atoms with Crippen molar-refractivity contribution in [3.05, 3.63) is 47.5 Å². The predicted octanol–water partition coefficient (Wildman–Crippen LogP) is 5.23. The highest BCUT2D eigenvalue weighted by atomic mass is 19.4. The van der Waals surface area contributed by atoms with Gasteiger partial charge in [0.2, 0.25) is 5.76 Å². The molecule has 6 nitrogen and oxygen atoms in total. The Bertz CT molecular complexity index is 1190. The van der Waals surface area contributed by atoms with Gasteiger partial charge in [0.25, 0.3) is 11.8 Å². The highest BCUT2D eigenvalue weighted by Crippen LogP contribution is 2.58. The third-order valence-corrected chi connectivity index (χ3v) is 8.74. The summed E-state index contributed by atoms with van der Waals surface area (Å²) in [5.41, 5.74) is -2.59. The zero-order chi connectivity index (χ0) is 25.6. The van der Waals surface area contributed by atoms with Gasteiger partial charge in [-0.25, -0.2) is 8.78 Å². The van der Waals surface area contributed by atoms with Crippen LogP contribution in [-0.2, 0) is 15.7 Å². The predicted molar refractivity (Wildman–Crippen MR) is 117 cm³/mol.